The van der Waals surface area contributed by atoms with Crippen LogP contribution >= 0.6 is 0 Å². The van der Waals surface area contributed by atoms with Gasteiger partial charge in [-0.2, -0.15) is 5.26 Å². The van der Waals surface area contributed by atoms with E-state index in [0.29, 0.717) is 5.56 Å². The summed E-state index contributed by atoms with van der Waals surface area (Å²) in [5.74, 6) is 0.166. The maximum absolute atomic E-state index is 10.6. The summed E-state index contributed by atoms with van der Waals surface area (Å²) in [6.07, 6.45) is 0.102. The van der Waals surface area contributed by atoms with E-state index in [1.807, 2.05) is 6.07 Å². The number of nitro benzene ring substituents is 1. The average Bonchev–Trinajstić information content (AvgIpc) is 2.18. The quantitative estimate of drug-likeness (QED) is 0.539. The number of benzene rings is 1. The van der Waals surface area contributed by atoms with Crippen molar-refractivity contribution in [2.75, 3.05) is 7.11 Å². The predicted molar refractivity (Wildman–Crippen MR) is 49.0 cm³/mol. The molecule has 1 rings (SSSR count). The van der Waals surface area contributed by atoms with E-state index < -0.39 is 4.92 Å². The monoisotopic (exact) mass is 192 g/mol. The van der Waals surface area contributed by atoms with Crippen LogP contribution in [0.3, 0.4) is 0 Å². The Morgan fingerprint density at radius 2 is 2.36 bits per heavy atom. The Labute approximate surface area is 80.7 Å². The van der Waals surface area contributed by atoms with E-state index in [9.17, 15) is 10.1 Å². The van der Waals surface area contributed by atoms with E-state index >= 15 is 0 Å². The van der Waals surface area contributed by atoms with Crippen molar-refractivity contribution in [3.8, 4) is 11.8 Å². The van der Waals surface area contributed by atoms with Gasteiger partial charge in [0.25, 0.3) is 0 Å². The number of rotatable bonds is 3. The number of ether oxygens (including phenoxy) is 1. The second-order valence-electron chi connectivity index (χ2n) is 2.56. The molecule has 0 aromatic heterocycles. The third-order valence-corrected chi connectivity index (χ3v) is 1.75. The Bertz CT molecular complexity index is 396. The van der Waals surface area contributed by atoms with Gasteiger partial charge in [-0.3, -0.25) is 10.1 Å². The Kier molecular flexibility index (Phi) is 3.02. The molecule has 0 spiro atoms. The van der Waals surface area contributed by atoms with Gasteiger partial charge < -0.3 is 4.74 Å². The summed E-state index contributed by atoms with van der Waals surface area (Å²) in [6, 6.07) is 6.44. The minimum absolute atomic E-state index is 0.102. The van der Waals surface area contributed by atoms with Gasteiger partial charge in [0.05, 0.1) is 24.5 Å². The third-order valence-electron chi connectivity index (χ3n) is 1.75. The van der Waals surface area contributed by atoms with Crippen LogP contribution in [0.15, 0.2) is 18.2 Å². The van der Waals surface area contributed by atoms with Crippen molar-refractivity contribution in [1.82, 2.24) is 0 Å². The summed E-state index contributed by atoms with van der Waals surface area (Å²) in [5, 5.41) is 19.1. The molecule has 1 aromatic rings. The SMILES string of the molecule is COc1c(CC#N)cccc1[N+](=O)[O-]. The lowest BCUT2D eigenvalue weighted by Gasteiger charge is -2.04. The number of hydrogen-bond acceptors (Lipinski definition) is 4. The molecule has 0 atom stereocenters. The van der Waals surface area contributed by atoms with Crippen LogP contribution in [0.2, 0.25) is 0 Å². The molecular weight excluding hydrogens is 184 g/mol. The first-order valence-electron chi connectivity index (χ1n) is 3.88. The topological polar surface area (TPSA) is 76.2 Å². The summed E-state index contributed by atoms with van der Waals surface area (Å²) in [7, 11) is 1.35. The van der Waals surface area contributed by atoms with Gasteiger partial charge >= 0.3 is 5.69 Å². The van der Waals surface area contributed by atoms with Gasteiger partial charge in [-0.25, -0.2) is 0 Å². The number of nitriles is 1. The molecule has 0 heterocycles. The lowest BCUT2D eigenvalue weighted by Crippen LogP contribution is -1.97. The summed E-state index contributed by atoms with van der Waals surface area (Å²) >= 11 is 0. The van der Waals surface area contributed by atoms with Crippen molar-refractivity contribution in [2.24, 2.45) is 0 Å². The Balaban J connectivity index is 3.26. The van der Waals surface area contributed by atoms with Crippen LogP contribution in [0.25, 0.3) is 0 Å². The molecular formula is C9H8N2O3. The van der Waals surface area contributed by atoms with E-state index in [4.69, 9.17) is 10.00 Å². The van der Waals surface area contributed by atoms with E-state index in [0.717, 1.165) is 0 Å². The van der Waals surface area contributed by atoms with Gasteiger partial charge in [0.1, 0.15) is 0 Å². The first kappa shape index (κ1) is 9.99. The highest BCUT2D eigenvalue weighted by atomic mass is 16.6. The summed E-state index contributed by atoms with van der Waals surface area (Å²) in [4.78, 5) is 10.1. The molecule has 1 aromatic carbocycles. The van der Waals surface area contributed by atoms with Gasteiger partial charge in [0, 0.05) is 11.6 Å². The lowest BCUT2D eigenvalue weighted by atomic mass is 10.1. The lowest BCUT2D eigenvalue weighted by molar-refractivity contribution is -0.385. The molecule has 72 valence electrons. The number of methoxy groups -OCH3 is 1. The summed E-state index contributed by atoms with van der Waals surface area (Å²) in [6.45, 7) is 0. The maximum Gasteiger partial charge on any atom is 0.311 e. The molecule has 0 saturated heterocycles. The molecule has 0 saturated carbocycles. The minimum atomic E-state index is -0.528. The molecule has 0 amide bonds. The zero-order valence-corrected chi connectivity index (χ0v) is 7.56. The number of nitrogens with zero attached hydrogens (tertiary/aromatic N) is 2. The molecule has 0 aliphatic carbocycles. The summed E-state index contributed by atoms with van der Waals surface area (Å²) < 4.78 is 4.90. The maximum atomic E-state index is 10.6. The first-order valence-corrected chi connectivity index (χ1v) is 3.88. The molecule has 0 aliphatic heterocycles. The highest BCUT2D eigenvalue weighted by Gasteiger charge is 2.17. The van der Waals surface area contributed by atoms with E-state index in [-0.39, 0.29) is 17.9 Å². The van der Waals surface area contributed by atoms with Gasteiger partial charge in [-0.05, 0) is 0 Å². The van der Waals surface area contributed by atoms with Gasteiger partial charge in [-0.1, -0.05) is 12.1 Å². The zero-order chi connectivity index (χ0) is 10.6. The van der Waals surface area contributed by atoms with Crippen molar-refractivity contribution in [1.29, 1.82) is 5.26 Å². The van der Waals surface area contributed by atoms with E-state index in [2.05, 4.69) is 0 Å². The molecule has 0 aliphatic rings. The van der Waals surface area contributed by atoms with Crippen LogP contribution in [0.1, 0.15) is 5.56 Å². The first-order chi connectivity index (χ1) is 6.70. The second-order valence-corrected chi connectivity index (χ2v) is 2.56. The Morgan fingerprint density at radius 3 is 2.86 bits per heavy atom. The van der Waals surface area contributed by atoms with Crippen LogP contribution in [0.4, 0.5) is 5.69 Å². The molecule has 0 N–H and O–H groups in total. The van der Waals surface area contributed by atoms with Crippen molar-refractivity contribution >= 4 is 5.69 Å². The largest absolute Gasteiger partial charge is 0.490 e. The van der Waals surface area contributed by atoms with Gasteiger partial charge in [0.15, 0.2) is 0 Å². The molecule has 5 nitrogen and oxygen atoms in total. The standard InChI is InChI=1S/C9H8N2O3/c1-14-9-7(5-6-10)3-2-4-8(9)11(12)13/h2-4H,5H2,1H3. The molecule has 0 fully saturated rings. The van der Waals surface area contributed by atoms with Gasteiger partial charge in [0.2, 0.25) is 5.75 Å². The number of nitro groups is 1. The van der Waals surface area contributed by atoms with Crippen LogP contribution in [-0.2, 0) is 6.42 Å². The average molecular weight is 192 g/mol. The smallest absolute Gasteiger partial charge is 0.311 e. The fourth-order valence-electron chi connectivity index (χ4n) is 1.18. The number of hydrogen-bond donors (Lipinski definition) is 0. The molecule has 0 unspecified atom stereocenters. The third kappa shape index (κ3) is 1.80. The summed E-state index contributed by atoms with van der Waals surface area (Å²) in [5.41, 5.74) is 0.421. The van der Waals surface area contributed by atoms with Crippen LogP contribution < -0.4 is 4.74 Å². The molecule has 0 radical (unpaired) electrons. The molecule has 0 bridgehead atoms. The predicted octanol–water partition coefficient (Wildman–Crippen LogP) is 1.67. The highest BCUT2D eigenvalue weighted by Crippen LogP contribution is 2.30. The molecule has 14 heavy (non-hydrogen) atoms. The van der Waals surface area contributed by atoms with Crippen molar-refractivity contribution in [2.45, 2.75) is 6.42 Å². The fraction of sp³-hybridized carbons (Fsp3) is 0.222. The highest BCUT2D eigenvalue weighted by molar-refractivity contribution is 5.52. The van der Waals surface area contributed by atoms with Crippen molar-refractivity contribution in [3.63, 3.8) is 0 Å². The van der Waals surface area contributed by atoms with E-state index in [1.165, 1.54) is 19.2 Å². The van der Waals surface area contributed by atoms with Crippen molar-refractivity contribution in [3.05, 3.63) is 33.9 Å². The normalized spacial score (nSPS) is 9.14. The van der Waals surface area contributed by atoms with Crippen LogP contribution in [-0.4, -0.2) is 12.0 Å². The van der Waals surface area contributed by atoms with Crippen LogP contribution in [0, 0.1) is 21.4 Å². The van der Waals surface area contributed by atoms with E-state index in [1.54, 1.807) is 6.07 Å². The zero-order valence-electron chi connectivity index (χ0n) is 7.56. The number of para-hydroxylation sites is 1. The van der Waals surface area contributed by atoms with Gasteiger partial charge in [-0.15, -0.1) is 0 Å². The Hall–Kier alpha value is -2.09. The van der Waals surface area contributed by atoms with Crippen LogP contribution in [0.5, 0.6) is 5.75 Å². The minimum Gasteiger partial charge on any atom is -0.490 e. The van der Waals surface area contributed by atoms with Crippen molar-refractivity contribution < 1.29 is 9.66 Å². The second kappa shape index (κ2) is 4.23. The molecule has 5 heteroatoms. The Morgan fingerprint density at radius 1 is 1.64 bits per heavy atom. The fourth-order valence-corrected chi connectivity index (χ4v) is 1.18.